The first kappa shape index (κ1) is 17.0. The molecular weight excluding hydrogens is 310 g/mol. The molecule has 0 heterocycles. The molecule has 2 aromatic rings. The molecule has 1 N–H and O–H groups in total. The number of thiocarbonyl (C=S) groups is 1. The zero-order chi connectivity index (χ0) is 16.5. The highest BCUT2D eigenvalue weighted by Crippen LogP contribution is 2.07. The van der Waals surface area contributed by atoms with Crippen LogP contribution in [0.25, 0.3) is 0 Å². The molecule has 0 saturated carbocycles. The number of benzene rings is 2. The van der Waals surface area contributed by atoms with Crippen LogP contribution < -0.4 is 5.32 Å². The van der Waals surface area contributed by atoms with Gasteiger partial charge in [0, 0.05) is 6.42 Å². The Balaban J connectivity index is 1.91. The first-order valence-electron chi connectivity index (χ1n) is 7.28. The second-order valence-electron chi connectivity index (χ2n) is 4.97. The number of rotatable bonds is 6. The maximum Gasteiger partial charge on any atom is 0.408 e. The zero-order valence-corrected chi connectivity index (χ0v) is 13.7. The number of alkyl carbamates (subject to hydrolysis) is 1. The van der Waals surface area contributed by atoms with Gasteiger partial charge in [0.15, 0.2) is 5.05 Å². The first-order valence-corrected chi connectivity index (χ1v) is 7.69. The van der Waals surface area contributed by atoms with E-state index < -0.39 is 12.1 Å². The summed E-state index contributed by atoms with van der Waals surface area (Å²) in [4.78, 5) is 12.0. The quantitative estimate of drug-likeness (QED) is 0.824. The van der Waals surface area contributed by atoms with Gasteiger partial charge in [-0.05, 0) is 23.3 Å². The van der Waals surface area contributed by atoms with E-state index in [0.717, 1.165) is 11.1 Å². The highest BCUT2D eigenvalue weighted by molar-refractivity contribution is 7.80. The lowest BCUT2D eigenvalue weighted by molar-refractivity contribution is 0.137. The standard InChI is InChI=1S/C18H19NO3S/c1-21-17(23)16(12-14-8-4-2-5-9-14)19-18(20)22-13-15-10-6-3-7-11-15/h2-11,16H,12-13H2,1H3,(H,19,20)/t16-/m1/s1. The molecule has 0 spiro atoms. The Kier molecular flexibility index (Phi) is 6.56. The zero-order valence-electron chi connectivity index (χ0n) is 12.9. The fourth-order valence-electron chi connectivity index (χ4n) is 2.09. The van der Waals surface area contributed by atoms with Crippen LogP contribution in [0.1, 0.15) is 11.1 Å². The van der Waals surface area contributed by atoms with Gasteiger partial charge in [-0.3, -0.25) is 0 Å². The number of hydrogen-bond acceptors (Lipinski definition) is 4. The second kappa shape index (κ2) is 8.90. The molecule has 0 radical (unpaired) electrons. The average molecular weight is 329 g/mol. The van der Waals surface area contributed by atoms with Gasteiger partial charge in [-0.2, -0.15) is 0 Å². The predicted molar refractivity (Wildman–Crippen MR) is 93.3 cm³/mol. The van der Waals surface area contributed by atoms with Gasteiger partial charge >= 0.3 is 6.09 Å². The third-order valence-corrected chi connectivity index (χ3v) is 3.72. The molecule has 1 atom stereocenters. The van der Waals surface area contributed by atoms with Crippen molar-refractivity contribution in [2.24, 2.45) is 0 Å². The van der Waals surface area contributed by atoms with Crippen molar-refractivity contribution >= 4 is 23.4 Å². The average Bonchev–Trinajstić information content (AvgIpc) is 2.60. The molecule has 5 heteroatoms. The monoisotopic (exact) mass is 329 g/mol. The number of carbonyl (C=O) groups is 1. The lowest BCUT2D eigenvalue weighted by Gasteiger charge is -2.18. The summed E-state index contributed by atoms with van der Waals surface area (Å²) >= 11 is 5.18. The molecule has 4 nitrogen and oxygen atoms in total. The van der Waals surface area contributed by atoms with Gasteiger partial charge < -0.3 is 14.8 Å². The topological polar surface area (TPSA) is 47.6 Å². The van der Waals surface area contributed by atoms with E-state index in [1.54, 1.807) is 0 Å². The number of ether oxygens (including phenoxy) is 2. The van der Waals surface area contributed by atoms with Crippen molar-refractivity contribution in [2.45, 2.75) is 19.1 Å². The summed E-state index contributed by atoms with van der Waals surface area (Å²) < 4.78 is 10.3. The summed E-state index contributed by atoms with van der Waals surface area (Å²) in [6.07, 6.45) is 0.0303. The maximum atomic E-state index is 12.0. The summed E-state index contributed by atoms with van der Waals surface area (Å²) in [7, 11) is 1.50. The van der Waals surface area contributed by atoms with Crippen LogP contribution in [0.5, 0.6) is 0 Å². The largest absolute Gasteiger partial charge is 0.488 e. The number of amides is 1. The predicted octanol–water partition coefficient (Wildman–Crippen LogP) is 3.50. The molecule has 0 unspecified atom stereocenters. The molecule has 2 aromatic carbocycles. The molecule has 0 aliphatic carbocycles. The van der Waals surface area contributed by atoms with Crippen LogP contribution >= 0.6 is 12.2 Å². The van der Waals surface area contributed by atoms with Crippen molar-refractivity contribution in [1.29, 1.82) is 0 Å². The molecular formula is C18H19NO3S. The van der Waals surface area contributed by atoms with Crippen molar-refractivity contribution in [3.8, 4) is 0 Å². The van der Waals surface area contributed by atoms with E-state index in [4.69, 9.17) is 21.7 Å². The van der Waals surface area contributed by atoms with Gasteiger partial charge in [0.1, 0.15) is 12.6 Å². The normalized spacial score (nSPS) is 11.3. The lowest BCUT2D eigenvalue weighted by Crippen LogP contribution is -2.42. The van der Waals surface area contributed by atoms with E-state index in [9.17, 15) is 4.79 Å². The Labute approximate surface area is 141 Å². The van der Waals surface area contributed by atoms with Crippen LogP contribution in [-0.2, 0) is 22.5 Å². The van der Waals surface area contributed by atoms with Crippen molar-refractivity contribution < 1.29 is 14.3 Å². The van der Waals surface area contributed by atoms with Crippen LogP contribution in [0.2, 0.25) is 0 Å². The number of methoxy groups -OCH3 is 1. The van der Waals surface area contributed by atoms with Crippen LogP contribution in [0.4, 0.5) is 4.79 Å². The molecule has 23 heavy (non-hydrogen) atoms. The number of hydrogen-bond donors (Lipinski definition) is 1. The summed E-state index contributed by atoms with van der Waals surface area (Å²) in [6.45, 7) is 0.213. The number of carbonyl (C=O) groups excluding carboxylic acids is 1. The van der Waals surface area contributed by atoms with E-state index in [0.29, 0.717) is 11.5 Å². The molecule has 0 aliphatic heterocycles. The minimum atomic E-state index is -0.519. The molecule has 0 aromatic heterocycles. The van der Waals surface area contributed by atoms with E-state index >= 15 is 0 Å². The van der Waals surface area contributed by atoms with Gasteiger partial charge in [-0.15, -0.1) is 0 Å². The Morgan fingerprint density at radius 3 is 2.17 bits per heavy atom. The molecule has 120 valence electrons. The van der Waals surface area contributed by atoms with E-state index in [-0.39, 0.29) is 6.61 Å². The van der Waals surface area contributed by atoms with Crippen molar-refractivity contribution in [1.82, 2.24) is 5.32 Å². The highest BCUT2D eigenvalue weighted by Gasteiger charge is 2.19. The summed E-state index contributed by atoms with van der Waals surface area (Å²) in [5.74, 6) is 0. The van der Waals surface area contributed by atoms with Gasteiger partial charge in [-0.25, -0.2) is 4.79 Å². The van der Waals surface area contributed by atoms with Gasteiger partial charge in [0.25, 0.3) is 0 Å². The SMILES string of the molecule is COC(=S)[C@@H](Cc1ccccc1)NC(=O)OCc1ccccc1. The van der Waals surface area contributed by atoms with E-state index in [2.05, 4.69) is 5.32 Å². The Bertz CT molecular complexity index is 631. The molecule has 0 fully saturated rings. The fraction of sp³-hybridized carbons (Fsp3) is 0.222. The van der Waals surface area contributed by atoms with Crippen molar-refractivity contribution in [2.75, 3.05) is 7.11 Å². The van der Waals surface area contributed by atoms with Crippen LogP contribution in [0.3, 0.4) is 0 Å². The molecule has 0 aliphatic rings. The van der Waals surface area contributed by atoms with Crippen molar-refractivity contribution in [3.63, 3.8) is 0 Å². The summed E-state index contributed by atoms with van der Waals surface area (Å²) in [5, 5.41) is 3.08. The van der Waals surface area contributed by atoms with Crippen LogP contribution in [0.15, 0.2) is 60.7 Å². The van der Waals surface area contributed by atoms with E-state index in [1.165, 1.54) is 7.11 Å². The van der Waals surface area contributed by atoms with Gasteiger partial charge in [0.2, 0.25) is 0 Å². The third-order valence-electron chi connectivity index (χ3n) is 3.27. The Hall–Kier alpha value is -2.40. The Morgan fingerprint density at radius 1 is 1.04 bits per heavy atom. The minimum Gasteiger partial charge on any atom is -0.488 e. The second-order valence-corrected chi connectivity index (χ2v) is 5.37. The molecule has 1 amide bonds. The number of nitrogens with one attached hydrogen (secondary N) is 1. The van der Waals surface area contributed by atoms with Crippen LogP contribution in [0, 0.1) is 0 Å². The van der Waals surface area contributed by atoms with Gasteiger partial charge in [-0.1, -0.05) is 60.7 Å². The third kappa shape index (κ3) is 5.71. The smallest absolute Gasteiger partial charge is 0.408 e. The maximum absolute atomic E-state index is 12.0. The van der Waals surface area contributed by atoms with Gasteiger partial charge in [0.05, 0.1) is 7.11 Å². The van der Waals surface area contributed by atoms with Crippen molar-refractivity contribution in [3.05, 3.63) is 71.8 Å². The fourth-order valence-corrected chi connectivity index (χ4v) is 2.23. The summed E-state index contributed by atoms with van der Waals surface area (Å²) in [6, 6.07) is 18.9. The summed E-state index contributed by atoms with van der Waals surface area (Å²) in [5.41, 5.74) is 1.98. The molecule has 2 rings (SSSR count). The highest BCUT2D eigenvalue weighted by atomic mass is 32.1. The first-order chi connectivity index (χ1) is 11.2. The lowest BCUT2D eigenvalue weighted by atomic mass is 10.1. The molecule has 0 bridgehead atoms. The van der Waals surface area contributed by atoms with Crippen LogP contribution in [-0.4, -0.2) is 24.3 Å². The minimum absolute atomic E-state index is 0.213. The Morgan fingerprint density at radius 2 is 1.61 bits per heavy atom. The van der Waals surface area contributed by atoms with E-state index in [1.807, 2.05) is 60.7 Å². The molecule has 0 saturated heterocycles.